The zero-order valence-electron chi connectivity index (χ0n) is 18.5. The minimum absolute atomic E-state index is 0.373. The molecule has 2 aromatic carbocycles. The molecule has 1 aliphatic carbocycles. The molecular formula is C27H35N3. The minimum Gasteiger partial charge on any atom is -0.304 e. The average molecular weight is 402 g/mol. The Balaban J connectivity index is 1.59. The van der Waals surface area contributed by atoms with Gasteiger partial charge in [0.1, 0.15) is 0 Å². The Bertz CT molecular complexity index is 852. The van der Waals surface area contributed by atoms with Crippen LogP contribution in [0.15, 0.2) is 71.3 Å². The molecule has 30 heavy (non-hydrogen) atoms. The Labute approximate surface area is 182 Å². The number of hydrogen-bond acceptors (Lipinski definition) is 3. The van der Waals surface area contributed by atoms with Gasteiger partial charge in [0.2, 0.25) is 0 Å². The molecule has 0 bridgehead atoms. The van der Waals surface area contributed by atoms with Crippen LogP contribution in [0.2, 0.25) is 0 Å². The van der Waals surface area contributed by atoms with E-state index in [-0.39, 0.29) is 0 Å². The van der Waals surface area contributed by atoms with Crippen LogP contribution in [-0.2, 0) is 0 Å². The van der Waals surface area contributed by atoms with Crippen molar-refractivity contribution >= 4 is 11.8 Å². The molecule has 1 heterocycles. The van der Waals surface area contributed by atoms with Crippen molar-refractivity contribution in [3.63, 3.8) is 0 Å². The Morgan fingerprint density at radius 1 is 1.00 bits per heavy atom. The average Bonchev–Trinajstić information content (AvgIpc) is 3.17. The molecule has 0 N–H and O–H groups in total. The number of allylic oxidation sites excluding steroid dienone is 1. The van der Waals surface area contributed by atoms with Crippen LogP contribution in [0.25, 0.3) is 6.08 Å². The molecule has 1 fully saturated rings. The van der Waals surface area contributed by atoms with Gasteiger partial charge in [-0.3, -0.25) is 5.01 Å². The second kappa shape index (κ2) is 10.1. The topological polar surface area (TPSA) is 18.8 Å². The van der Waals surface area contributed by atoms with E-state index in [9.17, 15) is 0 Å². The van der Waals surface area contributed by atoms with Gasteiger partial charge in [0.05, 0.1) is 11.8 Å². The maximum absolute atomic E-state index is 5.26. The van der Waals surface area contributed by atoms with Gasteiger partial charge in [0, 0.05) is 12.5 Å². The van der Waals surface area contributed by atoms with E-state index in [1.807, 2.05) is 0 Å². The number of nitrogens with zero attached hydrogens (tertiary/aromatic N) is 3. The highest BCUT2D eigenvalue weighted by Crippen LogP contribution is 2.44. The summed E-state index contributed by atoms with van der Waals surface area (Å²) in [5.41, 5.74) is 5.46. The van der Waals surface area contributed by atoms with E-state index in [1.165, 1.54) is 35.3 Å². The van der Waals surface area contributed by atoms with Crippen LogP contribution in [0, 0.1) is 5.92 Å². The molecule has 1 saturated carbocycles. The van der Waals surface area contributed by atoms with Crippen molar-refractivity contribution < 1.29 is 0 Å². The summed E-state index contributed by atoms with van der Waals surface area (Å²) in [5.74, 6) is 0.504. The standard InChI is InChI=1S/C27H35N3/c1-3-29(4-2)19-12-20-30-27(23-15-9-6-10-16-23)25-18-11-17-24(26(25)28-30)21-22-13-7-5-8-14-22/h5-10,13-16,21,25,27H,3-4,11-12,17-20H2,1-2H3. The third-order valence-electron chi connectivity index (χ3n) is 6.62. The van der Waals surface area contributed by atoms with Crippen molar-refractivity contribution in [1.29, 1.82) is 0 Å². The van der Waals surface area contributed by atoms with Gasteiger partial charge in [-0.25, -0.2) is 0 Å². The van der Waals surface area contributed by atoms with E-state index in [0.717, 1.165) is 39.0 Å². The fourth-order valence-electron chi connectivity index (χ4n) is 5.01. The largest absolute Gasteiger partial charge is 0.304 e. The van der Waals surface area contributed by atoms with E-state index in [2.05, 4.69) is 90.5 Å². The Morgan fingerprint density at radius 3 is 2.40 bits per heavy atom. The lowest BCUT2D eigenvalue weighted by Gasteiger charge is -2.31. The molecule has 1 aliphatic heterocycles. The first-order valence-corrected chi connectivity index (χ1v) is 11.7. The maximum Gasteiger partial charge on any atom is 0.0804 e. The summed E-state index contributed by atoms with van der Waals surface area (Å²) in [5, 5.41) is 7.66. The van der Waals surface area contributed by atoms with Gasteiger partial charge >= 0.3 is 0 Å². The molecule has 0 aromatic heterocycles. The third kappa shape index (κ3) is 4.67. The van der Waals surface area contributed by atoms with Gasteiger partial charge in [-0.1, -0.05) is 74.5 Å². The Morgan fingerprint density at radius 2 is 1.70 bits per heavy atom. The predicted molar refractivity (Wildman–Crippen MR) is 127 cm³/mol. The normalized spacial score (nSPS) is 22.4. The van der Waals surface area contributed by atoms with Gasteiger partial charge in [0.25, 0.3) is 0 Å². The van der Waals surface area contributed by atoms with E-state index in [0.29, 0.717) is 12.0 Å². The van der Waals surface area contributed by atoms with E-state index in [1.54, 1.807) is 0 Å². The number of hydrazone groups is 1. The molecule has 2 unspecified atom stereocenters. The van der Waals surface area contributed by atoms with Gasteiger partial charge in [0.15, 0.2) is 0 Å². The maximum atomic E-state index is 5.26. The lowest BCUT2D eigenvalue weighted by atomic mass is 9.77. The van der Waals surface area contributed by atoms with Crippen molar-refractivity contribution in [2.24, 2.45) is 11.0 Å². The fraction of sp³-hybridized carbons (Fsp3) is 0.444. The monoisotopic (exact) mass is 401 g/mol. The molecule has 0 saturated heterocycles. The molecule has 2 aromatic rings. The molecule has 2 atom stereocenters. The second-order valence-electron chi connectivity index (χ2n) is 8.46. The summed E-state index contributed by atoms with van der Waals surface area (Å²) in [7, 11) is 0. The number of fused-ring (bicyclic) bond motifs is 1. The van der Waals surface area contributed by atoms with E-state index in [4.69, 9.17) is 5.10 Å². The van der Waals surface area contributed by atoms with Crippen molar-refractivity contribution in [1.82, 2.24) is 9.91 Å². The minimum atomic E-state index is 0.373. The zero-order valence-corrected chi connectivity index (χ0v) is 18.5. The van der Waals surface area contributed by atoms with Crippen molar-refractivity contribution in [2.45, 2.75) is 45.6 Å². The van der Waals surface area contributed by atoms with Gasteiger partial charge in [-0.05, 0) is 68.1 Å². The molecule has 3 nitrogen and oxygen atoms in total. The Kier molecular flexibility index (Phi) is 7.01. The van der Waals surface area contributed by atoms with Crippen LogP contribution in [0.3, 0.4) is 0 Å². The van der Waals surface area contributed by atoms with Crippen LogP contribution in [0.4, 0.5) is 0 Å². The van der Waals surface area contributed by atoms with Gasteiger partial charge in [-0.15, -0.1) is 0 Å². The van der Waals surface area contributed by atoms with Gasteiger partial charge < -0.3 is 4.90 Å². The van der Waals surface area contributed by atoms with Crippen LogP contribution < -0.4 is 0 Å². The summed E-state index contributed by atoms with van der Waals surface area (Å²) in [6, 6.07) is 22.1. The first kappa shape index (κ1) is 20.9. The van der Waals surface area contributed by atoms with Crippen LogP contribution in [0.1, 0.15) is 56.7 Å². The summed E-state index contributed by atoms with van der Waals surface area (Å²) >= 11 is 0. The number of rotatable bonds is 8. The molecule has 3 heteroatoms. The molecular weight excluding hydrogens is 366 g/mol. The Hall–Kier alpha value is -2.39. The quantitative estimate of drug-likeness (QED) is 0.539. The molecule has 0 radical (unpaired) electrons. The fourth-order valence-corrected chi connectivity index (χ4v) is 5.01. The molecule has 2 aliphatic rings. The molecule has 0 spiro atoms. The zero-order chi connectivity index (χ0) is 20.8. The number of hydrogen-bond donors (Lipinski definition) is 0. The SMILES string of the molecule is CCN(CC)CCCN1N=C2C(=Cc3ccccc3)CCCC2C1c1ccccc1. The van der Waals surface area contributed by atoms with Crippen molar-refractivity contribution in [3.8, 4) is 0 Å². The first-order valence-electron chi connectivity index (χ1n) is 11.7. The van der Waals surface area contributed by atoms with Crippen molar-refractivity contribution in [2.75, 3.05) is 26.2 Å². The molecule has 158 valence electrons. The molecule has 4 rings (SSSR count). The highest BCUT2D eigenvalue weighted by Gasteiger charge is 2.40. The lowest BCUT2D eigenvalue weighted by Crippen LogP contribution is -2.31. The predicted octanol–water partition coefficient (Wildman–Crippen LogP) is 6.01. The summed E-state index contributed by atoms with van der Waals surface area (Å²) < 4.78 is 0. The van der Waals surface area contributed by atoms with Crippen LogP contribution >= 0.6 is 0 Å². The summed E-state index contributed by atoms with van der Waals surface area (Å²) in [4.78, 5) is 2.51. The smallest absolute Gasteiger partial charge is 0.0804 e. The van der Waals surface area contributed by atoms with Crippen LogP contribution in [-0.4, -0.2) is 41.8 Å². The first-order chi connectivity index (χ1) is 14.8. The lowest BCUT2D eigenvalue weighted by molar-refractivity contribution is 0.181. The van der Waals surface area contributed by atoms with E-state index >= 15 is 0 Å². The summed E-state index contributed by atoms with van der Waals surface area (Å²) in [6.45, 7) is 8.92. The van der Waals surface area contributed by atoms with E-state index < -0.39 is 0 Å². The van der Waals surface area contributed by atoms with Crippen LogP contribution in [0.5, 0.6) is 0 Å². The number of benzene rings is 2. The summed E-state index contributed by atoms with van der Waals surface area (Å²) in [6.07, 6.45) is 7.15. The second-order valence-corrected chi connectivity index (χ2v) is 8.46. The van der Waals surface area contributed by atoms with Gasteiger partial charge in [-0.2, -0.15) is 5.10 Å². The highest BCUT2D eigenvalue weighted by molar-refractivity contribution is 6.07. The highest BCUT2D eigenvalue weighted by atomic mass is 15.5. The van der Waals surface area contributed by atoms with Crippen molar-refractivity contribution in [3.05, 3.63) is 77.4 Å². The molecule has 0 amide bonds. The third-order valence-corrected chi connectivity index (χ3v) is 6.62.